The molecule has 0 aliphatic carbocycles. The van der Waals surface area contributed by atoms with Gasteiger partial charge in [-0.3, -0.25) is 14.8 Å². The summed E-state index contributed by atoms with van der Waals surface area (Å²) in [5.41, 5.74) is 5.94. The van der Waals surface area contributed by atoms with E-state index in [0.717, 1.165) is 16.9 Å². The summed E-state index contributed by atoms with van der Waals surface area (Å²) in [6.07, 6.45) is 2.95. The number of rotatable bonds is 4. The molecule has 2 N–H and O–H groups in total. The average Bonchev–Trinajstić information content (AvgIpc) is 3.11. The molecule has 2 amide bonds. The Morgan fingerprint density at radius 1 is 1.23 bits per heavy atom. The number of hydrogen-bond donors (Lipinski definition) is 2. The molecule has 2 heterocycles. The first kappa shape index (κ1) is 18.1. The van der Waals surface area contributed by atoms with Crippen molar-refractivity contribution in [2.75, 3.05) is 31.1 Å². The Morgan fingerprint density at radius 2 is 1.96 bits per heavy atom. The third-order valence-electron chi connectivity index (χ3n) is 4.31. The lowest BCUT2D eigenvalue weighted by Crippen LogP contribution is -2.49. The predicted molar refractivity (Wildman–Crippen MR) is 100 cm³/mol. The van der Waals surface area contributed by atoms with Gasteiger partial charge in [0.15, 0.2) is 0 Å². The van der Waals surface area contributed by atoms with Crippen LogP contribution in [0.25, 0.3) is 6.08 Å². The number of hydrogen-bond acceptors (Lipinski definition) is 6. The Kier molecular flexibility index (Phi) is 5.65. The molecular weight excluding hydrogens is 352 g/mol. The number of amides is 2. The maximum atomic E-state index is 12.6. The lowest BCUT2D eigenvalue weighted by Gasteiger charge is -2.36. The Labute approximate surface area is 155 Å². The largest absolute Gasteiger partial charge is 0.367 e. The van der Waals surface area contributed by atoms with E-state index >= 15 is 0 Å². The Morgan fingerprint density at radius 3 is 2.62 bits per heavy atom. The molecule has 1 aliphatic heterocycles. The maximum absolute atomic E-state index is 12.6. The molecule has 7 nitrogen and oxygen atoms in total. The second-order valence-electron chi connectivity index (χ2n) is 5.91. The maximum Gasteiger partial charge on any atom is 0.267 e. The number of aryl methyl sites for hydroxylation is 1. The van der Waals surface area contributed by atoms with Gasteiger partial charge in [0.05, 0.1) is 11.2 Å². The number of nitrogens with one attached hydrogen (secondary N) is 1. The number of piperazine rings is 1. The van der Waals surface area contributed by atoms with Crippen LogP contribution in [-0.4, -0.2) is 53.1 Å². The molecule has 0 atom stereocenters. The van der Waals surface area contributed by atoms with E-state index in [0.29, 0.717) is 31.1 Å². The summed E-state index contributed by atoms with van der Waals surface area (Å²) in [7, 11) is 0. The number of aromatic nitrogens is 1. The van der Waals surface area contributed by atoms with Gasteiger partial charge in [0.2, 0.25) is 0 Å². The zero-order valence-electron chi connectivity index (χ0n) is 14.4. The second kappa shape index (κ2) is 8.11. The number of carbonyl (C=O) groups excluding carboxylic acids is 2. The van der Waals surface area contributed by atoms with Gasteiger partial charge in [0, 0.05) is 37.9 Å². The normalized spacial score (nSPS) is 14.7. The highest BCUT2D eigenvalue weighted by molar-refractivity contribution is 7.11. The number of anilines is 1. The molecule has 8 heteroatoms. The molecule has 1 aromatic carbocycles. The molecule has 2 aromatic rings. The first-order valence-corrected chi connectivity index (χ1v) is 9.13. The van der Waals surface area contributed by atoms with Gasteiger partial charge < -0.3 is 9.80 Å². The van der Waals surface area contributed by atoms with Crippen molar-refractivity contribution in [2.24, 2.45) is 0 Å². The number of thiazole rings is 1. The van der Waals surface area contributed by atoms with Gasteiger partial charge in [-0.2, -0.15) is 0 Å². The number of benzene rings is 1. The Balaban J connectivity index is 1.69. The molecule has 1 aromatic heterocycles. The smallest absolute Gasteiger partial charge is 0.267 e. The lowest BCUT2D eigenvalue weighted by atomic mass is 10.1. The van der Waals surface area contributed by atoms with Gasteiger partial charge >= 0.3 is 0 Å². The first-order chi connectivity index (χ1) is 12.6. The minimum Gasteiger partial charge on any atom is -0.367 e. The standard InChI is InChI=1S/C18H20N4O3S/c1-13-17(26-12-19-13)18(24)22-10-8-21(9-11-22)15-5-3-2-4-14(15)6-7-16(23)20-25/h2-7,12,25H,8-11H2,1H3,(H,20,23). The van der Waals surface area contributed by atoms with Crippen LogP contribution in [0.1, 0.15) is 20.9 Å². The van der Waals surface area contributed by atoms with E-state index < -0.39 is 5.91 Å². The van der Waals surface area contributed by atoms with Crippen LogP contribution in [0, 0.1) is 6.92 Å². The van der Waals surface area contributed by atoms with Crippen LogP contribution >= 0.6 is 11.3 Å². The summed E-state index contributed by atoms with van der Waals surface area (Å²) in [4.78, 5) is 32.7. The van der Waals surface area contributed by atoms with Crippen molar-refractivity contribution in [2.45, 2.75) is 6.92 Å². The highest BCUT2D eigenvalue weighted by Gasteiger charge is 2.25. The van der Waals surface area contributed by atoms with Gasteiger partial charge in [0.25, 0.3) is 11.8 Å². The van der Waals surface area contributed by atoms with Gasteiger partial charge in [0.1, 0.15) is 4.88 Å². The van der Waals surface area contributed by atoms with Crippen molar-refractivity contribution in [3.8, 4) is 0 Å². The van der Waals surface area contributed by atoms with Crippen molar-refractivity contribution in [3.05, 3.63) is 52.0 Å². The molecule has 136 valence electrons. The van der Waals surface area contributed by atoms with E-state index in [9.17, 15) is 9.59 Å². The molecule has 1 fully saturated rings. The van der Waals surface area contributed by atoms with Gasteiger partial charge in [-0.15, -0.1) is 11.3 Å². The molecular formula is C18H20N4O3S. The summed E-state index contributed by atoms with van der Waals surface area (Å²) in [5.74, 6) is -0.535. The van der Waals surface area contributed by atoms with Crippen LogP contribution in [0.5, 0.6) is 0 Å². The minimum absolute atomic E-state index is 0.0393. The van der Waals surface area contributed by atoms with Gasteiger partial charge in [-0.05, 0) is 24.6 Å². The molecule has 0 spiro atoms. The third-order valence-corrected chi connectivity index (χ3v) is 5.23. The fourth-order valence-corrected chi connectivity index (χ4v) is 3.69. The van der Waals surface area contributed by atoms with Crippen molar-refractivity contribution >= 4 is 34.9 Å². The molecule has 26 heavy (non-hydrogen) atoms. The highest BCUT2D eigenvalue weighted by atomic mass is 32.1. The number of carbonyl (C=O) groups is 2. The lowest BCUT2D eigenvalue weighted by molar-refractivity contribution is -0.124. The SMILES string of the molecule is Cc1ncsc1C(=O)N1CCN(c2ccccc2C=CC(=O)NO)CC1. The molecule has 1 saturated heterocycles. The first-order valence-electron chi connectivity index (χ1n) is 8.25. The van der Waals surface area contributed by atoms with Crippen LogP contribution < -0.4 is 10.4 Å². The third kappa shape index (κ3) is 3.92. The van der Waals surface area contributed by atoms with Crippen molar-refractivity contribution in [3.63, 3.8) is 0 Å². The van der Waals surface area contributed by atoms with Crippen LogP contribution in [0.2, 0.25) is 0 Å². The summed E-state index contributed by atoms with van der Waals surface area (Å²) < 4.78 is 0. The van der Waals surface area contributed by atoms with Crippen LogP contribution in [0.4, 0.5) is 5.69 Å². The monoisotopic (exact) mass is 372 g/mol. The predicted octanol–water partition coefficient (Wildman–Crippen LogP) is 1.93. The molecule has 1 aliphatic rings. The van der Waals surface area contributed by atoms with Crippen LogP contribution in [0.3, 0.4) is 0 Å². The second-order valence-corrected chi connectivity index (χ2v) is 6.77. The summed E-state index contributed by atoms with van der Waals surface area (Å²) >= 11 is 1.38. The van der Waals surface area contributed by atoms with Crippen molar-refractivity contribution in [1.29, 1.82) is 0 Å². The van der Waals surface area contributed by atoms with E-state index in [1.807, 2.05) is 36.1 Å². The van der Waals surface area contributed by atoms with E-state index in [-0.39, 0.29) is 5.91 Å². The summed E-state index contributed by atoms with van der Waals surface area (Å²) in [5, 5.41) is 8.61. The minimum atomic E-state index is -0.574. The van der Waals surface area contributed by atoms with Gasteiger partial charge in [-0.1, -0.05) is 18.2 Å². The quantitative estimate of drug-likeness (QED) is 0.487. The zero-order valence-corrected chi connectivity index (χ0v) is 15.2. The molecule has 0 unspecified atom stereocenters. The number of nitrogens with zero attached hydrogens (tertiary/aromatic N) is 3. The summed E-state index contributed by atoms with van der Waals surface area (Å²) in [6.45, 7) is 4.53. The molecule has 0 radical (unpaired) electrons. The van der Waals surface area contributed by atoms with E-state index in [2.05, 4.69) is 9.88 Å². The number of hydroxylamine groups is 1. The van der Waals surface area contributed by atoms with Crippen LogP contribution in [0.15, 0.2) is 35.9 Å². The van der Waals surface area contributed by atoms with Crippen molar-refractivity contribution < 1.29 is 14.8 Å². The fourth-order valence-electron chi connectivity index (χ4n) is 2.92. The average molecular weight is 372 g/mol. The zero-order chi connectivity index (χ0) is 18.5. The van der Waals surface area contributed by atoms with Crippen LogP contribution in [-0.2, 0) is 4.79 Å². The summed E-state index contributed by atoms with van der Waals surface area (Å²) in [6, 6.07) is 7.74. The van der Waals surface area contributed by atoms with E-state index in [4.69, 9.17) is 5.21 Å². The Bertz CT molecular complexity index is 825. The molecule has 3 rings (SSSR count). The number of para-hydroxylation sites is 1. The fraction of sp³-hybridized carbons (Fsp3) is 0.278. The molecule has 0 saturated carbocycles. The Hall–Kier alpha value is -2.71. The van der Waals surface area contributed by atoms with E-state index in [1.54, 1.807) is 17.1 Å². The van der Waals surface area contributed by atoms with Gasteiger partial charge in [-0.25, -0.2) is 10.5 Å². The highest BCUT2D eigenvalue weighted by Crippen LogP contribution is 2.24. The van der Waals surface area contributed by atoms with Crippen molar-refractivity contribution in [1.82, 2.24) is 15.4 Å². The topological polar surface area (TPSA) is 85.8 Å². The molecule has 0 bridgehead atoms. The van der Waals surface area contributed by atoms with E-state index in [1.165, 1.54) is 17.4 Å².